The van der Waals surface area contributed by atoms with Gasteiger partial charge in [-0.3, -0.25) is 4.79 Å². The Morgan fingerprint density at radius 2 is 2.06 bits per heavy atom. The number of methoxy groups -OCH3 is 1. The second-order valence-electron chi connectivity index (χ2n) is 4.20. The van der Waals surface area contributed by atoms with E-state index in [-0.39, 0.29) is 5.97 Å². The van der Waals surface area contributed by atoms with Crippen LogP contribution in [0.4, 0.5) is 0 Å². The van der Waals surface area contributed by atoms with E-state index < -0.39 is 0 Å². The molecule has 0 saturated heterocycles. The Bertz CT molecular complexity index is 324. The fourth-order valence-corrected chi connectivity index (χ4v) is 1.68. The molecule has 3 nitrogen and oxygen atoms in total. The molecule has 1 N–H and O–H groups in total. The minimum Gasteiger partial charge on any atom is -0.469 e. The predicted molar refractivity (Wildman–Crippen MR) is 69.0 cm³/mol. The second-order valence-corrected chi connectivity index (χ2v) is 4.20. The number of carbonyl (C=O) groups is 1. The summed E-state index contributed by atoms with van der Waals surface area (Å²) in [5.74, 6) is 0.359. The van der Waals surface area contributed by atoms with Gasteiger partial charge in [0.2, 0.25) is 0 Å². The van der Waals surface area contributed by atoms with E-state index in [0.29, 0.717) is 12.3 Å². The van der Waals surface area contributed by atoms with Crippen molar-refractivity contribution in [3.8, 4) is 0 Å². The van der Waals surface area contributed by atoms with Gasteiger partial charge >= 0.3 is 5.97 Å². The molecule has 0 amide bonds. The van der Waals surface area contributed by atoms with Crippen molar-refractivity contribution < 1.29 is 9.53 Å². The van der Waals surface area contributed by atoms with Gasteiger partial charge in [0.05, 0.1) is 7.11 Å². The average Bonchev–Trinajstić information content (AvgIpc) is 2.38. The Hall–Kier alpha value is -1.35. The van der Waals surface area contributed by atoms with Crippen molar-refractivity contribution in [2.24, 2.45) is 0 Å². The number of hydrogen-bond donors (Lipinski definition) is 1. The van der Waals surface area contributed by atoms with Crippen LogP contribution in [0.25, 0.3) is 0 Å². The SMILES string of the molecule is COC(=O)CCCNCC(C)c1ccccc1. The van der Waals surface area contributed by atoms with Crippen molar-refractivity contribution >= 4 is 5.97 Å². The van der Waals surface area contributed by atoms with E-state index in [9.17, 15) is 4.79 Å². The third-order valence-corrected chi connectivity index (χ3v) is 2.78. The van der Waals surface area contributed by atoms with Gasteiger partial charge in [-0.15, -0.1) is 0 Å². The quantitative estimate of drug-likeness (QED) is 0.582. The van der Waals surface area contributed by atoms with Crippen LogP contribution in [-0.2, 0) is 9.53 Å². The Morgan fingerprint density at radius 3 is 2.71 bits per heavy atom. The van der Waals surface area contributed by atoms with E-state index in [1.165, 1.54) is 12.7 Å². The van der Waals surface area contributed by atoms with Gasteiger partial charge in [0.15, 0.2) is 0 Å². The van der Waals surface area contributed by atoms with Crippen LogP contribution in [0.5, 0.6) is 0 Å². The molecule has 0 aliphatic carbocycles. The van der Waals surface area contributed by atoms with Gasteiger partial charge in [0, 0.05) is 13.0 Å². The number of carbonyl (C=O) groups excluding carboxylic acids is 1. The van der Waals surface area contributed by atoms with E-state index in [1.807, 2.05) is 6.07 Å². The molecule has 1 atom stereocenters. The van der Waals surface area contributed by atoms with Gasteiger partial charge in [-0.2, -0.15) is 0 Å². The zero-order valence-electron chi connectivity index (χ0n) is 10.6. The number of nitrogens with one attached hydrogen (secondary N) is 1. The maximum atomic E-state index is 10.9. The highest BCUT2D eigenvalue weighted by molar-refractivity contribution is 5.69. The highest BCUT2D eigenvalue weighted by atomic mass is 16.5. The molecule has 0 heterocycles. The molecular formula is C14H21NO2. The maximum absolute atomic E-state index is 10.9. The van der Waals surface area contributed by atoms with Crippen LogP contribution in [0.3, 0.4) is 0 Å². The summed E-state index contributed by atoms with van der Waals surface area (Å²) in [6.45, 7) is 3.99. The smallest absolute Gasteiger partial charge is 0.305 e. The molecule has 0 bridgehead atoms. The van der Waals surface area contributed by atoms with Crippen molar-refractivity contribution in [1.29, 1.82) is 0 Å². The van der Waals surface area contributed by atoms with E-state index in [2.05, 4.69) is 41.2 Å². The van der Waals surface area contributed by atoms with Crippen LogP contribution in [0, 0.1) is 0 Å². The number of benzene rings is 1. The van der Waals surface area contributed by atoms with E-state index in [0.717, 1.165) is 19.5 Å². The summed E-state index contributed by atoms with van der Waals surface area (Å²) in [7, 11) is 1.42. The highest BCUT2D eigenvalue weighted by Gasteiger charge is 2.04. The first kappa shape index (κ1) is 13.7. The van der Waals surface area contributed by atoms with Crippen molar-refractivity contribution in [2.75, 3.05) is 20.2 Å². The second kappa shape index (κ2) is 7.85. The van der Waals surface area contributed by atoms with E-state index >= 15 is 0 Å². The molecule has 0 aromatic heterocycles. The molecule has 1 rings (SSSR count). The first-order valence-electron chi connectivity index (χ1n) is 6.06. The molecule has 0 fully saturated rings. The summed E-state index contributed by atoms with van der Waals surface area (Å²) in [6.07, 6.45) is 1.32. The minimum absolute atomic E-state index is 0.136. The first-order chi connectivity index (χ1) is 8.24. The summed E-state index contributed by atoms with van der Waals surface area (Å²) in [4.78, 5) is 10.9. The highest BCUT2D eigenvalue weighted by Crippen LogP contribution is 2.12. The predicted octanol–water partition coefficient (Wildman–Crippen LogP) is 2.33. The lowest BCUT2D eigenvalue weighted by atomic mass is 10.0. The molecule has 0 radical (unpaired) electrons. The Morgan fingerprint density at radius 1 is 1.35 bits per heavy atom. The van der Waals surface area contributed by atoms with Crippen LogP contribution in [0.1, 0.15) is 31.2 Å². The topological polar surface area (TPSA) is 38.3 Å². The molecule has 1 aromatic carbocycles. The molecule has 1 aromatic rings. The van der Waals surface area contributed by atoms with E-state index in [4.69, 9.17) is 0 Å². The van der Waals surface area contributed by atoms with Crippen molar-refractivity contribution in [1.82, 2.24) is 5.32 Å². The fraction of sp³-hybridized carbons (Fsp3) is 0.500. The van der Waals surface area contributed by atoms with Crippen molar-refractivity contribution in [2.45, 2.75) is 25.7 Å². The lowest BCUT2D eigenvalue weighted by molar-refractivity contribution is -0.140. The molecule has 0 spiro atoms. The number of hydrogen-bond acceptors (Lipinski definition) is 3. The fourth-order valence-electron chi connectivity index (χ4n) is 1.68. The average molecular weight is 235 g/mol. The lowest BCUT2D eigenvalue weighted by Gasteiger charge is -2.12. The largest absolute Gasteiger partial charge is 0.469 e. The van der Waals surface area contributed by atoms with Gasteiger partial charge in [-0.1, -0.05) is 37.3 Å². The molecule has 0 aliphatic heterocycles. The minimum atomic E-state index is -0.136. The van der Waals surface area contributed by atoms with Gasteiger partial charge in [-0.05, 0) is 24.4 Å². The number of esters is 1. The molecule has 1 unspecified atom stereocenters. The van der Waals surface area contributed by atoms with Crippen LogP contribution >= 0.6 is 0 Å². The standard InChI is InChI=1S/C14H21NO2/c1-12(13-7-4-3-5-8-13)11-15-10-6-9-14(16)17-2/h3-5,7-8,12,15H,6,9-11H2,1-2H3. The molecule has 0 saturated carbocycles. The molecule has 17 heavy (non-hydrogen) atoms. The summed E-state index contributed by atoms with van der Waals surface area (Å²) in [6, 6.07) is 10.4. The van der Waals surface area contributed by atoms with Gasteiger partial charge in [0.1, 0.15) is 0 Å². The van der Waals surface area contributed by atoms with E-state index in [1.54, 1.807) is 0 Å². The Labute approximate surface area is 103 Å². The summed E-state index contributed by atoms with van der Waals surface area (Å²) in [5.41, 5.74) is 1.34. The molecule has 94 valence electrons. The third-order valence-electron chi connectivity index (χ3n) is 2.78. The summed E-state index contributed by atoms with van der Waals surface area (Å²) >= 11 is 0. The van der Waals surface area contributed by atoms with Gasteiger partial charge in [-0.25, -0.2) is 0 Å². The van der Waals surface area contributed by atoms with Crippen molar-refractivity contribution in [3.63, 3.8) is 0 Å². The van der Waals surface area contributed by atoms with Crippen LogP contribution < -0.4 is 5.32 Å². The third kappa shape index (κ3) is 5.50. The maximum Gasteiger partial charge on any atom is 0.305 e. The van der Waals surface area contributed by atoms with Gasteiger partial charge in [0.25, 0.3) is 0 Å². The monoisotopic (exact) mass is 235 g/mol. The molecular weight excluding hydrogens is 214 g/mol. The van der Waals surface area contributed by atoms with Crippen LogP contribution in [0.15, 0.2) is 30.3 Å². The molecule has 0 aliphatic rings. The lowest BCUT2D eigenvalue weighted by Crippen LogP contribution is -2.21. The Kier molecular flexibility index (Phi) is 6.33. The Balaban J connectivity index is 2.13. The van der Waals surface area contributed by atoms with Crippen LogP contribution in [0.2, 0.25) is 0 Å². The molecule has 3 heteroatoms. The first-order valence-corrected chi connectivity index (χ1v) is 6.06. The summed E-state index contributed by atoms with van der Waals surface area (Å²) < 4.78 is 4.58. The van der Waals surface area contributed by atoms with Gasteiger partial charge < -0.3 is 10.1 Å². The number of rotatable bonds is 7. The zero-order valence-corrected chi connectivity index (χ0v) is 10.6. The number of ether oxygens (including phenoxy) is 1. The zero-order chi connectivity index (χ0) is 12.5. The van der Waals surface area contributed by atoms with Crippen molar-refractivity contribution in [3.05, 3.63) is 35.9 Å². The van der Waals surface area contributed by atoms with Crippen LogP contribution in [-0.4, -0.2) is 26.2 Å². The summed E-state index contributed by atoms with van der Waals surface area (Å²) in [5, 5.41) is 3.36. The normalized spacial score (nSPS) is 12.1.